The first-order valence-corrected chi connectivity index (χ1v) is 6.91. The zero-order valence-corrected chi connectivity index (χ0v) is 12.6. The molecule has 5 heteroatoms. The number of rotatable bonds is 5. The third-order valence-corrected chi connectivity index (χ3v) is 3.41. The van der Waals surface area contributed by atoms with Crippen molar-refractivity contribution in [3.05, 3.63) is 58.1 Å². The van der Waals surface area contributed by atoms with Gasteiger partial charge in [-0.1, -0.05) is 18.2 Å². The monoisotopic (exact) mass is 334 g/mol. The molecule has 0 saturated heterocycles. The van der Waals surface area contributed by atoms with Crippen molar-refractivity contribution >= 4 is 21.8 Å². The Hall–Kier alpha value is -1.85. The molecular weight excluding hydrogens is 320 g/mol. The fourth-order valence-corrected chi connectivity index (χ4v) is 2.38. The molecule has 0 spiro atoms. The van der Waals surface area contributed by atoms with Gasteiger partial charge >= 0.3 is 0 Å². The van der Waals surface area contributed by atoms with Gasteiger partial charge < -0.3 is 15.8 Å². The van der Waals surface area contributed by atoms with Crippen molar-refractivity contribution in [3.63, 3.8) is 0 Å². The minimum absolute atomic E-state index is 0.340. The van der Waals surface area contributed by atoms with Crippen LogP contribution in [0.1, 0.15) is 15.9 Å². The summed E-state index contributed by atoms with van der Waals surface area (Å²) >= 11 is 3.30. The van der Waals surface area contributed by atoms with E-state index in [1.54, 1.807) is 18.2 Å². The van der Waals surface area contributed by atoms with E-state index < -0.39 is 5.91 Å². The quantitative estimate of drug-likeness (QED) is 0.883. The molecule has 0 atom stereocenters. The Balaban J connectivity index is 2.26. The molecule has 0 fully saturated rings. The molecule has 2 aromatic carbocycles. The second kappa shape index (κ2) is 6.54. The van der Waals surface area contributed by atoms with Crippen LogP contribution in [0.15, 0.2) is 46.9 Å². The molecular formula is C15H15BrN2O2. The maximum absolute atomic E-state index is 11.5. The number of benzene rings is 2. The number of nitrogens with two attached hydrogens (primary N) is 1. The van der Waals surface area contributed by atoms with Crippen LogP contribution in [-0.4, -0.2) is 13.0 Å². The number of carbonyl (C=O) groups excluding carboxylic acids is 1. The normalized spacial score (nSPS) is 10.3. The molecule has 0 aromatic heterocycles. The van der Waals surface area contributed by atoms with Crippen molar-refractivity contribution in [2.24, 2.45) is 5.73 Å². The summed E-state index contributed by atoms with van der Waals surface area (Å²) in [5.74, 6) is 0.568. The highest BCUT2D eigenvalue weighted by atomic mass is 79.9. The van der Waals surface area contributed by atoms with E-state index in [2.05, 4.69) is 21.2 Å². The second-order valence-electron chi connectivity index (χ2n) is 4.25. The molecule has 0 saturated carbocycles. The van der Waals surface area contributed by atoms with Crippen molar-refractivity contribution in [1.82, 2.24) is 5.32 Å². The fourth-order valence-electron chi connectivity index (χ4n) is 1.83. The van der Waals surface area contributed by atoms with E-state index in [-0.39, 0.29) is 0 Å². The summed E-state index contributed by atoms with van der Waals surface area (Å²) in [5.41, 5.74) is 6.87. The van der Waals surface area contributed by atoms with Crippen LogP contribution in [0.3, 0.4) is 0 Å². The first kappa shape index (κ1) is 14.6. The lowest BCUT2D eigenvalue weighted by atomic mass is 10.2. The molecule has 2 rings (SSSR count). The molecule has 0 radical (unpaired) electrons. The van der Waals surface area contributed by atoms with E-state index in [4.69, 9.17) is 10.5 Å². The number of hydrogen-bond acceptors (Lipinski definition) is 3. The van der Waals surface area contributed by atoms with Gasteiger partial charge in [0.05, 0.1) is 5.56 Å². The van der Waals surface area contributed by atoms with Crippen molar-refractivity contribution in [3.8, 4) is 11.5 Å². The van der Waals surface area contributed by atoms with Crippen LogP contribution in [0.4, 0.5) is 0 Å². The molecule has 0 bridgehead atoms. The van der Waals surface area contributed by atoms with Crippen LogP contribution in [0.5, 0.6) is 11.5 Å². The van der Waals surface area contributed by atoms with Gasteiger partial charge in [0.15, 0.2) is 0 Å². The lowest BCUT2D eigenvalue weighted by Crippen LogP contribution is -2.13. The predicted octanol–water partition coefficient (Wildman–Crippen LogP) is 3.06. The number of carbonyl (C=O) groups is 1. The number of primary amides is 1. The largest absolute Gasteiger partial charge is 0.456 e. The van der Waals surface area contributed by atoms with Crippen LogP contribution in [-0.2, 0) is 6.54 Å². The van der Waals surface area contributed by atoms with Gasteiger partial charge in [0.1, 0.15) is 11.5 Å². The molecule has 0 aliphatic rings. The van der Waals surface area contributed by atoms with Gasteiger partial charge in [0, 0.05) is 11.0 Å². The summed E-state index contributed by atoms with van der Waals surface area (Å²) in [6.07, 6.45) is 0. The zero-order valence-electron chi connectivity index (χ0n) is 11.0. The van der Waals surface area contributed by atoms with Gasteiger partial charge in [0.2, 0.25) is 0 Å². The van der Waals surface area contributed by atoms with Gasteiger partial charge in [-0.15, -0.1) is 0 Å². The highest BCUT2D eigenvalue weighted by Gasteiger charge is 2.13. The number of amides is 1. The first-order chi connectivity index (χ1) is 9.61. The van der Waals surface area contributed by atoms with Crippen molar-refractivity contribution in [1.29, 1.82) is 0 Å². The third kappa shape index (κ3) is 3.37. The number of hydrogen-bond donors (Lipinski definition) is 2. The molecule has 20 heavy (non-hydrogen) atoms. The Labute approximate surface area is 126 Å². The minimum atomic E-state index is -0.528. The average Bonchev–Trinajstić information content (AvgIpc) is 2.41. The van der Waals surface area contributed by atoms with E-state index in [9.17, 15) is 4.79 Å². The maximum atomic E-state index is 11.5. The third-order valence-electron chi connectivity index (χ3n) is 2.75. The summed E-state index contributed by atoms with van der Waals surface area (Å²) in [4.78, 5) is 11.5. The smallest absolute Gasteiger partial charge is 0.253 e. The van der Waals surface area contributed by atoms with Crippen LogP contribution in [0.25, 0.3) is 0 Å². The second-order valence-corrected chi connectivity index (χ2v) is 5.11. The van der Waals surface area contributed by atoms with Crippen molar-refractivity contribution in [2.45, 2.75) is 6.54 Å². The Bertz CT molecular complexity index is 612. The van der Waals surface area contributed by atoms with E-state index >= 15 is 0 Å². The fraction of sp³-hybridized carbons (Fsp3) is 0.133. The van der Waals surface area contributed by atoms with E-state index in [1.807, 2.05) is 31.3 Å². The summed E-state index contributed by atoms with van der Waals surface area (Å²) in [6, 6.07) is 12.9. The van der Waals surface area contributed by atoms with Crippen LogP contribution < -0.4 is 15.8 Å². The molecule has 0 unspecified atom stereocenters. The summed E-state index contributed by atoms with van der Waals surface area (Å²) in [6.45, 7) is 0.795. The van der Waals surface area contributed by atoms with Gasteiger partial charge in [-0.25, -0.2) is 0 Å². The summed E-state index contributed by atoms with van der Waals surface area (Å²) < 4.78 is 6.35. The zero-order chi connectivity index (χ0) is 14.5. The molecule has 0 aliphatic heterocycles. The lowest BCUT2D eigenvalue weighted by molar-refractivity contribution is 0.0997. The number of ether oxygens (including phenoxy) is 1. The van der Waals surface area contributed by atoms with Crippen LogP contribution in [0.2, 0.25) is 0 Å². The SMILES string of the molecule is CNCc1ccc(Oc2cccc(Br)c2C(N)=O)cc1. The number of nitrogens with one attached hydrogen (secondary N) is 1. The maximum Gasteiger partial charge on any atom is 0.253 e. The topological polar surface area (TPSA) is 64.3 Å². The van der Waals surface area contributed by atoms with Crippen LogP contribution >= 0.6 is 15.9 Å². The molecule has 0 heterocycles. The van der Waals surface area contributed by atoms with Gasteiger partial charge in [0.25, 0.3) is 5.91 Å². The first-order valence-electron chi connectivity index (χ1n) is 6.11. The Morgan fingerprint density at radius 2 is 1.95 bits per heavy atom. The molecule has 3 N–H and O–H groups in total. The van der Waals surface area contributed by atoms with Crippen molar-refractivity contribution < 1.29 is 9.53 Å². The van der Waals surface area contributed by atoms with E-state index in [0.29, 0.717) is 21.5 Å². The van der Waals surface area contributed by atoms with Gasteiger partial charge in [-0.2, -0.15) is 0 Å². The molecule has 104 valence electrons. The predicted molar refractivity (Wildman–Crippen MR) is 81.9 cm³/mol. The summed E-state index contributed by atoms with van der Waals surface area (Å²) in [7, 11) is 1.89. The standard InChI is InChI=1S/C15H15BrN2O2/c1-18-9-10-5-7-11(8-6-10)20-13-4-2-3-12(16)14(13)15(17)19/h2-8,18H,9H2,1H3,(H2,17,19). The Morgan fingerprint density at radius 3 is 2.55 bits per heavy atom. The highest BCUT2D eigenvalue weighted by Crippen LogP contribution is 2.30. The highest BCUT2D eigenvalue weighted by molar-refractivity contribution is 9.10. The average molecular weight is 335 g/mol. The Morgan fingerprint density at radius 1 is 1.25 bits per heavy atom. The van der Waals surface area contributed by atoms with Gasteiger partial charge in [-0.3, -0.25) is 4.79 Å². The van der Waals surface area contributed by atoms with Crippen molar-refractivity contribution in [2.75, 3.05) is 7.05 Å². The minimum Gasteiger partial charge on any atom is -0.456 e. The van der Waals surface area contributed by atoms with Gasteiger partial charge in [-0.05, 0) is 52.8 Å². The summed E-state index contributed by atoms with van der Waals surface area (Å²) in [5, 5.41) is 3.08. The number of halogens is 1. The molecule has 4 nitrogen and oxygen atoms in total. The van der Waals surface area contributed by atoms with E-state index in [0.717, 1.165) is 12.1 Å². The van der Waals surface area contributed by atoms with E-state index in [1.165, 1.54) is 0 Å². The lowest BCUT2D eigenvalue weighted by Gasteiger charge is -2.11. The molecule has 0 aliphatic carbocycles. The van der Waals surface area contributed by atoms with Crippen LogP contribution in [0, 0.1) is 0 Å². The molecule has 2 aromatic rings. The Kier molecular flexibility index (Phi) is 4.76. The molecule has 1 amide bonds.